The number of benzene rings is 1. The van der Waals surface area contributed by atoms with Crippen LogP contribution < -0.4 is 16.0 Å². The summed E-state index contributed by atoms with van der Waals surface area (Å²) in [5, 5.41) is 18.3. The highest BCUT2D eigenvalue weighted by Crippen LogP contribution is 2.37. The molecule has 1 fully saturated rings. The third kappa shape index (κ3) is 3.83. The summed E-state index contributed by atoms with van der Waals surface area (Å²) in [7, 11) is 3.91. The Hall–Kier alpha value is -2.76. The van der Waals surface area contributed by atoms with Gasteiger partial charge in [-0.25, -0.2) is 13.8 Å². The number of thiazole rings is 1. The summed E-state index contributed by atoms with van der Waals surface area (Å²) >= 11 is 0.922. The van der Waals surface area contributed by atoms with E-state index >= 15 is 0 Å². The first-order valence-corrected chi connectivity index (χ1v) is 10.3. The van der Waals surface area contributed by atoms with Crippen molar-refractivity contribution in [2.45, 2.75) is 6.23 Å². The molecule has 4 N–H and O–H groups in total. The summed E-state index contributed by atoms with van der Waals surface area (Å²) in [6.45, 7) is 3.50. The van der Waals surface area contributed by atoms with Crippen LogP contribution in [-0.4, -0.2) is 58.0 Å². The number of aliphatic hydroxyl groups is 1. The monoisotopic (exact) mass is 435 g/mol. The number of hydrogen-bond acceptors (Lipinski definition) is 8. The Bertz CT molecular complexity index is 1030. The zero-order valence-electron chi connectivity index (χ0n) is 16.6. The predicted octanol–water partition coefficient (Wildman–Crippen LogP) is 2.26. The van der Waals surface area contributed by atoms with Gasteiger partial charge in [-0.2, -0.15) is 5.10 Å². The number of rotatable bonds is 5. The van der Waals surface area contributed by atoms with Crippen LogP contribution in [0, 0.1) is 11.6 Å². The van der Waals surface area contributed by atoms with Gasteiger partial charge in [0, 0.05) is 33.2 Å². The number of nitrogens with zero attached hydrogens (tertiary/aromatic N) is 5. The van der Waals surface area contributed by atoms with Gasteiger partial charge in [0.1, 0.15) is 33.2 Å². The molecule has 0 amide bonds. The van der Waals surface area contributed by atoms with Gasteiger partial charge in [-0.1, -0.05) is 17.4 Å². The number of halogens is 2. The van der Waals surface area contributed by atoms with Gasteiger partial charge in [-0.05, 0) is 19.2 Å². The first-order chi connectivity index (χ1) is 14.3. The maximum Gasteiger partial charge on any atom is 0.171 e. The SMILES string of the molecule is CN1CCN(c2c(NC(O)c3nc(-c4c(F)cccc4F)sc3N)cnn2C)CC1. The third-order valence-electron chi connectivity index (χ3n) is 5.12. The molecule has 1 aromatic carbocycles. The lowest BCUT2D eigenvalue weighted by Gasteiger charge is -2.34. The summed E-state index contributed by atoms with van der Waals surface area (Å²) in [6.07, 6.45) is 0.358. The van der Waals surface area contributed by atoms with Crippen molar-refractivity contribution >= 4 is 27.8 Å². The number of anilines is 3. The lowest BCUT2D eigenvalue weighted by molar-refractivity contribution is 0.205. The minimum Gasteiger partial charge on any atom is -0.389 e. The molecule has 1 unspecified atom stereocenters. The second-order valence-corrected chi connectivity index (χ2v) is 8.24. The van der Waals surface area contributed by atoms with Crippen LogP contribution in [0.4, 0.5) is 25.3 Å². The highest BCUT2D eigenvalue weighted by atomic mass is 32.1. The average Bonchev–Trinajstić information content (AvgIpc) is 3.25. The molecule has 8 nitrogen and oxygen atoms in total. The van der Waals surface area contributed by atoms with Crippen molar-refractivity contribution in [2.24, 2.45) is 7.05 Å². The number of aryl methyl sites for hydroxylation is 1. The van der Waals surface area contributed by atoms with Gasteiger partial charge in [0.05, 0.1) is 17.4 Å². The van der Waals surface area contributed by atoms with E-state index in [0.29, 0.717) is 5.69 Å². The Morgan fingerprint density at radius 1 is 1.17 bits per heavy atom. The minimum absolute atomic E-state index is 0.0735. The van der Waals surface area contributed by atoms with Crippen molar-refractivity contribution < 1.29 is 13.9 Å². The fraction of sp³-hybridized carbons (Fsp3) is 0.368. The molecule has 1 atom stereocenters. The standard InChI is InChI=1S/C19H23F2N7OS/c1-26-6-8-28(9-7-26)19-13(10-23-27(19)2)24-17(29)15-16(22)30-18(25-15)14-11(20)4-3-5-12(14)21/h3-5,10,17,24,29H,6-9,22H2,1-2H3. The molecular formula is C19H23F2N7OS. The van der Waals surface area contributed by atoms with Crippen molar-refractivity contribution in [1.82, 2.24) is 19.7 Å². The zero-order valence-corrected chi connectivity index (χ0v) is 17.5. The third-order valence-corrected chi connectivity index (χ3v) is 6.04. The highest BCUT2D eigenvalue weighted by Gasteiger charge is 2.25. The van der Waals surface area contributed by atoms with E-state index in [2.05, 4.69) is 32.2 Å². The number of nitrogens with two attached hydrogens (primary N) is 1. The summed E-state index contributed by atoms with van der Waals surface area (Å²) in [5.74, 6) is -0.624. The molecule has 4 rings (SSSR count). The van der Waals surface area contributed by atoms with E-state index in [0.717, 1.165) is 55.5 Å². The van der Waals surface area contributed by atoms with Crippen molar-refractivity contribution in [3.05, 3.63) is 41.7 Å². The number of nitrogens with one attached hydrogen (secondary N) is 1. The van der Waals surface area contributed by atoms with Crippen LogP contribution in [0.2, 0.25) is 0 Å². The molecule has 0 bridgehead atoms. The molecule has 1 saturated heterocycles. The zero-order chi connectivity index (χ0) is 21.4. The van der Waals surface area contributed by atoms with Crippen molar-refractivity contribution in [3.63, 3.8) is 0 Å². The Morgan fingerprint density at radius 3 is 2.50 bits per heavy atom. The lowest BCUT2D eigenvalue weighted by Crippen LogP contribution is -2.45. The van der Waals surface area contributed by atoms with Gasteiger partial charge in [-0.15, -0.1) is 0 Å². The normalized spacial score (nSPS) is 16.1. The molecule has 3 aromatic rings. The average molecular weight is 436 g/mol. The van der Waals surface area contributed by atoms with Gasteiger partial charge in [0.25, 0.3) is 0 Å². The fourth-order valence-corrected chi connectivity index (χ4v) is 4.40. The highest BCUT2D eigenvalue weighted by molar-refractivity contribution is 7.18. The number of likely N-dealkylation sites (N-methyl/N-ethyl adjacent to an activating group) is 1. The van der Waals surface area contributed by atoms with Crippen LogP contribution in [0.15, 0.2) is 24.4 Å². The van der Waals surface area contributed by atoms with Crippen LogP contribution in [0.1, 0.15) is 11.9 Å². The summed E-state index contributed by atoms with van der Waals surface area (Å²) in [6, 6.07) is 3.59. The van der Waals surface area contributed by atoms with Crippen molar-refractivity contribution in [2.75, 3.05) is 49.2 Å². The molecule has 160 valence electrons. The molecule has 3 heterocycles. The number of nitrogen functional groups attached to an aromatic ring is 1. The number of aliphatic hydroxyl groups excluding tert-OH is 1. The Morgan fingerprint density at radius 2 is 1.83 bits per heavy atom. The molecule has 1 aliphatic heterocycles. The topological polar surface area (TPSA) is 95.5 Å². The van der Waals surface area contributed by atoms with Crippen LogP contribution in [-0.2, 0) is 7.05 Å². The van der Waals surface area contributed by atoms with Crippen molar-refractivity contribution in [3.8, 4) is 10.6 Å². The second-order valence-electron chi connectivity index (χ2n) is 7.21. The van der Waals surface area contributed by atoms with E-state index in [1.807, 2.05) is 7.05 Å². The summed E-state index contributed by atoms with van der Waals surface area (Å²) < 4.78 is 29.9. The molecule has 0 radical (unpaired) electrons. The summed E-state index contributed by atoms with van der Waals surface area (Å²) in [4.78, 5) is 8.64. The summed E-state index contributed by atoms with van der Waals surface area (Å²) in [5.41, 5.74) is 6.49. The predicted molar refractivity (Wildman–Crippen MR) is 113 cm³/mol. The number of piperazine rings is 1. The Kier molecular flexibility index (Phi) is 5.58. The number of hydrogen-bond donors (Lipinski definition) is 3. The number of aromatic nitrogens is 3. The molecule has 30 heavy (non-hydrogen) atoms. The van der Waals surface area contributed by atoms with Crippen LogP contribution >= 0.6 is 11.3 Å². The van der Waals surface area contributed by atoms with E-state index in [1.165, 1.54) is 6.07 Å². The maximum atomic E-state index is 14.1. The van der Waals surface area contributed by atoms with Gasteiger partial charge in [0.2, 0.25) is 0 Å². The largest absolute Gasteiger partial charge is 0.389 e. The quantitative estimate of drug-likeness (QED) is 0.529. The van der Waals surface area contributed by atoms with Crippen LogP contribution in [0.5, 0.6) is 0 Å². The van der Waals surface area contributed by atoms with Crippen molar-refractivity contribution in [1.29, 1.82) is 0 Å². The van der Waals surface area contributed by atoms with Crippen LogP contribution in [0.3, 0.4) is 0 Å². The first kappa shape index (κ1) is 20.5. The molecule has 0 saturated carbocycles. The second kappa shape index (κ2) is 8.17. The lowest BCUT2D eigenvalue weighted by atomic mass is 10.2. The van der Waals surface area contributed by atoms with E-state index < -0.39 is 17.9 Å². The molecule has 2 aromatic heterocycles. The van der Waals surface area contributed by atoms with Crippen LogP contribution in [0.25, 0.3) is 10.6 Å². The van der Waals surface area contributed by atoms with Gasteiger partial charge in [0.15, 0.2) is 6.23 Å². The van der Waals surface area contributed by atoms with E-state index in [9.17, 15) is 13.9 Å². The van der Waals surface area contributed by atoms with Gasteiger partial charge in [-0.3, -0.25) is 4.68 Å². The molecular weight excluding hydrogens is 412 g/mol. The maximum absolute atomic E-state index is 14.1. The molecule has 11 heteroatoms. The first-order valence-electron chi connectivity index (χ1n) is 9.46. The minimum atomic E-state index is -1.26. The van der Waals surface area contributed by atoms with Gasteiger partial charge >= 0.3 is 0 Å². The smallest absolute Gasteiger partial charge is 0.171 e. The van der Waals surface area contributed by atoms with E-state index in [1.54, 1.807) is 10.9 Å². The van der Waals surface area contributed by atoms with E-state index in [4.69, 9.17) is 5.73 Å². The Labute approximate surface area is 176 Å². The molecule has 0 aliphatic carbocycles. The van der Waals surface area contributed by atoms with Gasteiger partial charge < -0.3 is 26.0 Å². The molecule has 0 spiro atoms. The van der Waals surface area contributed by atoms with E-state index in [-0.39, 0.29) is 21.3 Å². The Balaban J connectivity index is 1.59. The molecule has 1 aliphatic rings. The fourth-order valence-electron chi connectivity index (χ4n) is 3.49.